The lowest BCUT2D eigenvalue weighted by molar-refractivity contribution is 0.0622. The number of ether oxygens (including phenoxy) is 1. The maximum Gasteiger partial charge on any atom is 0.0465 e. The topological polar surface area (TPSA) is 9.23 Å². The number of hydrogen-bond donors (Lipinski definition) is 0. The minimum atomic E-state index is 0.610. The van der Waals surface area contributed by atoms with E-state index in [1.54, 1.807) is 7.11 Å². The third kappa shape index (κ3) is 2.02. The van der Waals surface area contributed by atoms with Gasteiger partial charge in [0.1, 0.15) is 0 Å². The molecule has 1 aliphatic rings. The molecule has 0 bridgehead atoms. The van der Waals surface area contributed by atoms with Gasteiger partial charge in [-0.1, -0.05) is 29.3 Å². The lowest BCUT2D eigenvalue weighted by atomic mass is 9.62. The second-order valence-electron chi connectivity index (χ2n) is 4.03. The fourth-order valence-corrected chi connectivity index (χ4v) is 3.10. The van der Waals surface area contributed by atoms with Crippen molar-refractivity contribution in [2.45, 2.75) is 32.6 Å². The summed E-state index contributed by atoms with van der Waals surface area (Å²) >= 11 is 3.64. The standard InChI is InChI=1S/C10H19BrO/c1-9(4-7-12-2)10(8-11)5-3-6-10/h9H,3-8H2,1-2H3. The van der Waals surface area contributed by atoms with Crippen molar-refractivity contribution in [1.29, 1.82) is 0 Å². The van der Waals surface area contributed by atoms with Gasteiger partial charge in [0.15, 0.2) is 0 Å². The van der Waals surface area contributed by atoms with Crippen molar-refractivity contribution < 1.29 is 4.74 Å². The Kier molecular flexibility index (Phi) is 4.04. The van der Waals surface area contributed by atoms with Crippen LogP contribution in [0.3, 0.4) is 0 Å². The summed E-state index contributed by atoms with van der Waals surface area (Å²) in [6.07, 6.45) is 5.44. The monoisotopic (exact) mass is 234 g/mol. The van der Waals surface area contributed by atoms with E-state index in [9.17, 15) is 0 Å². The smallest absolute Gasteiger partial charge is 0.0465 e. The molecular formula is C10H19BrO. The molecule has 0 aromatic rings. The second kappa shape index (κ2) is 4.61. The number of alkyl halides is 1. The highest BCUT2D eigenvalue weighted by Gasteiger charge is 2.40. The maximum atomic E-state index is 5.11. The third-order valence-electron chi connectivity index (χ3n) is 3.42. The summed E-state index contributed by atoms with van der Waals surface area (Å²) in [5.41, 5.74) is 0.610. The Morgan fingerprint density at radius 2 is 2.17 bits per heavy atom. The van der Waals surface area contributed by atoms with Crippen LogP contribution in [0.15, 0.2) is 0 Å². The summed E-state index contributed by atoms with van der Waals surface area (Å²) in [6.45, 7) is 3.27. The zero-order valence-corrected chi connectivity index (χ0v) is 9.69. The number of halogens is 1. The van der Waals surface area contributed by atoms with E-state index in [0.29, 0.717) is 5.41 Å². The summed E-state index contributed by atoms with van der Waals surface area (Å²) in [7, 11) is 1.79. The van der Waals surface area contributed by atoms with Gasteiger partial charge in [-0.15, -0.1) is 0 Å². The molecule has 2 heteroatoms. The molecule has 12 heavy (non-hydrogen) atoms. The highest BCUT2D eigenvalue weighted by atomic mass is 79.9. The van der Waals surface area contributed by atoms with Crippen LogP contribution in [0.2, 0.25) is 0 Å². The van der Waals surface area contributed by atoms with Gasteiger partial charge < -0.3 is 4.74 Å². The molecule has 0 saturated heterocycles. The highest BCUT2D eigenvalue weighted by Crippen LogP contribution is 2.49. The predicted octanol–water partition coefficient (Wildman–Crippen LogP) is 3.22. The third-order valence-corrected chi connectivity index (χ3v) is 4.53. The molecule has 72 valence electrons. The highest BCUT2D eigenvalue weighted by molar-refractivity contribution is 9.09. The van der Waals surface area contributed by atoms with Crippen molar-refractivity contribution in [3.05, 3.63) is 0 Å². The SMILES string of the molecule is COCCC(C)C1(CBr)CCC1. The Labute approximate surface area is 84.0 Å². The van der Waals surface area contributed by atoms with Crippen LogP contribution in [0.25, 0.3) is 0 Å². The van der Waals surface area contributed by atoms with Gasteiger partial charge in [0, 0.05) is 19.0 Å². The van der Waals surface area contributed by atoms with Crippen LogP contribution in [-0.4, -0.2) is 19.0 Å². The lowest BCUT2D eigenvalue weighted by Crippen LogP contribution is -2.38. The van der Waals surface area contributed by atoms with Crippen molar-refractivity contribution in [2.24, 2.45) is 11.3 Å². The van der Waals surface area contributed by atoms with Crippen molar-refractivity contribution in [1.82, 2.24) is 0 Å². The van der Waals surface area contributed by atoms with E-state index in [1.807, 2.05) is 0 Å². The normalized spacial score (nSPS) is 23.2. The van der Waals surface area contributed by atoms with Crippen LogP contribution in [0.5, 0.6) is 0 Å². The summed E-state index contributed by atoms with van der Waals surface area (Å²) in [5, 5.41) is 1.17. The average Bonchev–Trinajstić information content (AvgIpc) is 2.00. The summed E-state index contributed by atoms with van der Waals surface area (Å²) < 4.78 is 5.11. The first kappa shape index (κ1) is 10.5. The number of methoxy groups -OCH3 is 1. The largest absolute Gasteiger partial charge is 0.385 e. The minimum absolute atomic E-state index is 0.610. The van der Waals surface area contributed by atoms with E-state index in [1.165, 1.54) is 31.0 Å². The molecular weight excluding hydrogens is 216 g/mol. The first-order valence-electron chi connectivity index (χ1n) is 4.80. The van der Waals surface area contributed by atoms with E-state index in [2.05, 4.69) is 22.9 Å². The molecule has 1 atom stereocenters. The van der Waals surface area contributed by atoms with Crippen molar-refractivity contribution in [3.8, 4) is 0 Å². The molecule has 0 aromatic heterocycles. The van der Waals surface area contributed by atoms with Gasteiger partial charge in [0.05, 0.1) is 0 Å². The van der Waals surface area contributed by atoms with E-state index >= 15 is 0 Å². The van der Waals surface area contributed by atoms with Gasteiger partial charge in [0.25, 0.3) is 0 Å². The predicted molar refractivity (Wildman–Crippen MR) is 55.7 cm³/mol. The molecule has 0 aromatic carbocycles. The zero-order chi connectivity index (χ0) is 9.03. The molecule has 0 N–H and O–H groups in total. The Balaban J connectivity index is 2.32. The molecule has 1 nitrogen and oxygen atoms in total. The quantitative estimate of drug-likeness (QED) is 0.665. The van der Waals surface area contributed by atoms with Crippen molar-refractivity contribution in [2.75, 3.05) is 19.0 Å². The molecule has 0 amide bonds. The van der Waals surface area contributed by atoms with E-state index in [-0.39, 0.29) is 0 Å². The van der Waals surface area contributed by atoms with Crippen LogP contribution in [0.4, 0.5) is 0 Å². The molecule has 0 heterocycles. The van der Waals surface area contributed by atoms with Crippen molar-refractivity contribution >= 4 is 15.9 Å². The Bertz CT molecular complexity index is 126. The van der Waals surface area contributed by atoms with Crippen LogP contribution in [0, 0.1) is 11.3 Å². The fraction of sp³-hybridized carbons (Fsp3) is 1.00. The zero-order valence-electron chi connectivity index (χ0n) is 8.11. The maximum absolute atomic E-state index is 5.11. The first-order chi connectivity index (χ1) is 5.75. The fourth-order valence-electron chi connectivity index (χ4n) is 1.99. The Morgan fingerprint density at radius 3 is 2.50 bits per heavy atom. The Hall–Kier alpha value is 0.440. The summed E-state index contributed by atoms with van der Waals surface area (Å²) in [5.74, 6) is 0.811. The average molecular weight is 235 g/mol. The number of hydrogen-bond acceptors (Lipinski definition) is 1. The van der Waals surface area contributed by atoms with Gasteiger partial charge in [0.2, 0.25) is 0 Å². The van der Waals surface area contributed by atoms with Gasteiger partial charge in [-0.2, -0.15) is 0 Å². The van der Waals surface area contributed by atoms with Gasteiger partial charge >= 0.3 is 0 Å². The van der Waals surface area contributed by atoms with E-state index < -0.39 is 0 Å². The van der Waals surface area contributed by atoms with Gasteiger partial charge in [-0.05, 0) is 30.6 Å². The second-order valence-corrected chi connectivity index (χ2v) is 4.59. The van der Waals surface area contributed by atoms with Gasteiger partial charge in [-0.25, -0.2) is 0 Å². The van der Waals surface area contributed by atoms with E-state index in [4.69, 9.17) is 4.74 Å². The van der Waals surface area contributed by atoms with Gasteiger partial charge in [-0.3, -0.25) is 0 Å². The molecule has 1 rings (SSSR count). The summed E-state index contributed by atoms with van der Waals surface area (Å²) in [6, 6.07) is 0. The van der Waals surface area contributed by atoms with Crippen LogP contribution >= 0.6 is 15.9 Å². The minimum Gasteiger partial charge on any atom is -0.385 e. The molecule has 0 aliphatic heterocycles. The number of rotatable bonds is 5. The molecule has 0 spiro atoms. The molecule has 1 unspecified atom stereocenters. The molecule has 1 fully saturated rings. The van der Waals surface area contributed by atoms with E-state index in [0.717, 1.165) is 12.5 Å². The first-order valence-corrected chi connectivity index (χ1v) is 5.92. The van der Waals surface area contributed by atoms with Crippen LogP contribution < -0.4 is 0 Å². The summed E-state index contributed by atoms with van der Waals surface area (Å²) in [4.78, 5) is 0. The Morgan fingerprint density at radius 1 is 1.50 bits per heavy atom. The van der Waals surface area contributed by atoms with Crippen molar-refractivity contribution in [3.63, 3.8) is 0 Å². The lowest BCUT2D eigenvalue weighted by Gasteiger charge is -2.45. The molecule has 1 saturated carbocycles. The van der Waals surface area contributed by atoms with Crippen LogP contribution in [-0.2, 0) is 4.74 Å². The molecule has 0 radical (unpaired) electrons. The van der Waals surface area contributed by atoms with Crippen LogP contribution in [0.1, 0.15) is 32.6 Å². The molecule has 1 aliphatic carbocycles.